The molecule has 1 unspecified atom stereocenters. The zero-order valence-corrected chi connectivity index (χ0v) is 7.73. The molecule has 2 nitrogen and oxygen atoms in total. The van der Waals surface area contributed by atoms with Crippen LogP contribution in [0, 0.1) is 0 Å². The van der Waals surface area contributed by atoms with Gasteiger partial charge in [-0.15, -0.1) is 0 Å². The summed E-state index contributed by atoms with van der Waals surface area (Å²) in [6.07, 6.45) is 1.91. The third-order valence-electron chi connectivity index (χ3n) is 2.63. The third kappa shape index (κ3) is 1.22. The van der Waals surface area contributed by atoms with E-state index in [4.69, 9.17) is 0 Å². The Balaban J connectivity index is 2.39. The van der Waals surface area contributed by atoms with Gasteiger partial charge in [-0.1, -0.05) is 18.2 Å². The second-order valence-corrected chi connectivity index (χ2v) is 3.32. The van der Waals surface area contributed by atoms with Gasteiger partial charge in [0, 0.05) is 18.7 Å². The Labute approximate surface area is 78.2 Å². The largest absolute Gasteiger partial charge is 0.361 e. The zero-order chi connectivity index (χ0) is 9.26. The SMILES string of the molecule is CCN1c2ccccc2CC1C=O. The van der Waals surface area contributed by atoms with Crippen molar-refractivity contribution in [2.24, 2.45) is 0 Å². The Morgan fingerprint density at radius 2 is 2.31 bits per heavy atom. The number of rotatable bonds is 2. The van der Waals surface area contributed by atoms with Gasteiger partial charge in [0.05, 0.1) is 6.04 Å². The van der Waals surface area contributed by atoms with Crippen molar-refractivity contribution in [2.45, 2.75) is 19.4 Å². The monoisotopic (exact) mass is 175 g/mol. The van der Waals surface area contributed by atoms with Gasteiger partial charge in [0.1, 0.15) is 6.29 Å². The fourth-order valence-corrected chi connectivity index (χ4v) is 2.00. The van der Waals surface area contributed by atoms with Gasteiger partial charge in [0.15, 0.2) is 0 Å². The lowest BCUT2D eigenvalue weighted by Gasteiger charge is -2.21. The topological polar surface area (TPSA) is 20.3 Å². The fourth-order valence-electron chi connectivity index (χ4n) is 2.00. The second kappa shape index (κ2) is 3.21. The average molecular weight is 175 g/mol. The van der Waals surface area contributed by atoms with Crippen molar-refractivity contribution in [1.29, 1.82) is 0 Å². The van der Waals surface area contributed by atoms with E-state index in [1.54, 1.807) is 0 Å². The van der Waals surface area contributed by atoms with Crippen LogP contribution in [-0.2, 0) is 11.2 Å². The molecule has 1 heterocycles. The number of likely N-dealkylation sites (N-methyl/N-ethyl adjacent to an activating group) is 1. The first-order chi connectivity index (χ1) is 6.36. The highest BCUT2D eigenvalue weighted by Gasteiger charge is 2.26. The molecule has 2 rings (SSSR count). The minimum Gasteiger partial charge on any atom is -0.361 e. The molecule has 0 aliphatic carbocycles. The van der Waals surface area contributed by atoms with Crippen LogP contribution in [0.2, 0.25) is 0 Å². The highest BCUT2D eigenvalue weighted by atomic mass is 16.1. The Morgan fingerprint density at radius 3 is 3.00 bits per heavy atom. The van der Waals surface area contributed by atoms with Crippen LogP contribution in [0.25, 0.3) is 0 Å². The van der Waals surface area contributed by atoms with Crippen LogP contribution in [0.4, 0.5) is 5.69 Å². The first-order valence-electron chi connectivity index (χ1n) is 4.66. The first kappa shape index (κ1) is 8.30. The van der Waals surface area contributed by atoms with E-state index in [2.05, 4.69) is 24.0 Å². The lowest BCUT2D eigenvalue weighted by molar-refractivity contribution is -0.108. The molecule has 0 saturated heterocycles. The molecule has 0 saturated carbocycles. The molecule has 68 valence electrons. The van der Waals surface area contributed by atoms with Gasteiger partial charge >= 0.3 is 0 Å². The van der Waals surface area contributed by atoms with Gasteiger partial charge in [0.2, 0.25) is 0 Å². The number of carbonyl (C=O) groups is 1. The quantitative estimate of drug-likeness (QED) is 0.637. The van der Waals surface area contributed by atoms with E-state index in [9.17, 15) is 4.79 Å². The number of anilines is 1. The third-order valence-corrected chi connectivity index (χ3v) is 2.63. The molecule has 0 N–H and O–H groups in total. The van der Waals surface area contributed by atoms with Crippen LogP contribution >= 0.6 is 0 Å². The summed E-state index contributed by atoms with van der Waals surface area (Å²) in [5.41, 5.74) is 2.52. The smallest absolute Gasteiger partial charge is 0.142 e. The molecule has 0 aromatic heterocycles. The van der Waals surface area contributed by atoms with Crippen LogP contribution in [0.5, 0.6) is 0 Å². The molecule has 0 amide bonds. The summed E-state index contributed by atoms with van der Waals surface area (Å²) in [5, 5.41) is 0. The van der Waals surface area contributed by atoms with Crippen LogP contribution in [0.1, 0.15) is 12.5 Å². The minimum absolute atomic E-state index is 0.0578. The van der Waals surface area contributed by atoms with E-state index in [0.29, 0.717) is 0 Å². The minimum atomic E-state index is 0.0578. The molecule has 1 aromatic rings. The molecule has 0 bridgehead atoms. The first-order valence-corrected chi connectivity index (χ1v) is 4.66. The number of hydrogen-bond acceptors (Lipinski definition) is 2. The fraction of sp³-hybridized carbons (Fsp3) is 0.364. The average Bonchev–Trinajstić information content (AvgIpc) is 2.55. The number of benzene rings is 1. The van der Waals surface area contributed by atoms with Gasteiger partial charge in [0.25, 0.3) is 0 Å². The van der Waals surface area contributed by atoms with Crippen LogP contribution in [0.15, 0.2) is 24.3 Å². The molecule has 0 fully saturated rings. The molecule has 1 atom stereocenters. The number of carbonyl (C=O) groups excluding carboxylic acids is 1. The summed E-state index contributed by atoms with van der Waals surface area (Å²) in [5.74, 6) is 0. The lowest BCUT2D eigenvalue weighted by Crippen LogP contribution is -2.32. The Morgan fingerprint density at radius 1 is 1.54 bits per heavy atom. The molecule has 0 radical (unpaired) electrons. The molecule has 2 heteroatoms. The summed E-state index contributed by atoms with van der Waals surface area (Å²) in [6.45, 7) is 2.99. The molecule has 13 heavy (non-hydrogen) atoms. The number of para-hydroxylation sites is 1. The van der Waals surface area contributed by atoms with E-state index in [-0.39, 0.29) is 6.04 Å². The number of fused-ring (bicyclic) bond motifs is 1. The predicted molar refractivity (Wildman–Crippen MR) is 53.0 cm³/mol. The van der Waals surface area contributed by atoms with Crippen LogP contribution < -0.4 is 4.90 Å². The van der Waals surface area contributed by atoms with Gasteiger partial charge in [-0.25, -0.2) is 0 Å². The van der Waals surface area contributed by atoms with E-state index in [1.165, 1.54) is 11.3 Å². The maximum absolute atomic E-state index is 10.8. The van der Waals surface area contributed by atoms with Crippen LogP contribution in [0.3, 0.4) is 0 Å². The molecule has 1 aliphatic heterocycles. The Bertz CT molecular complexity index is 322. The van der Waals surface area contributed by atoms with Crippen molar-refractivity contribution in [3.05, 3.63) is 29.8 Å². The summed E-state index contributed by atoms with van der Waals surface area (Å²) in [7, 11) is 0. The number of hydrogen-bond donors (Lipinski definition) is 0. The molecular weight excluding hydrogens is 162 g/mol. The van der Waals surface area contributed by atoms with Crippen molar-refractivity contribution < 1.29 is 4.79 Å². The zero-order valence-electron chi connectivity index (χ0n) is 7.73. The van der Waals surface area contributed by atoms with Crippen molar-refractivity contribution in [1.82, 2.24) is 0 Å². The maximum Gasteiger partial charge on any atom is 0.142 e. The highest BCUT2D eigenvalue weighted by Crippen LogP contribution is 2.30. The van der Waals surface area contributed by atoms with E-state index in [0.717, 1.165) is 19.3 Å². The lowest BCUT2D eigenvalue weighted by atomic mass is 10.1. The van der Waals surface area contributed by atoms with Crippen molar-refractivity contribution in [3.63, 3.8) is 0 Å². The maximum atomic E-state index is 10.8. The summed E-state index contributed by atoms with van der Waals surface area (Å²) < 4.78 is 0. The van der Waals surface area contributed by atoms with Crippen molar-refractivity contribution >= 4 is 12.0 Å². The molecular formula is C11H13NO. The van der Waals surface area contributed by atoms with Gasteiger partial charge < -0.3 is 9.69 Å². The summed E-state index contributed by atoms with van der Waals surface area (Å²) >= 11 is 0. The standard InChI is InChI=1S/C11H13NO/c1-2-12-10(8-13)7-9-5-3-4-6-11(9)12/h3-6,8,10H,2,7H2,1H3. The predicted octanol–water partition coefficient (Wildman–Crippen LogP) is 1.64. The van der Waals surface area contributed by atoms with Crippen molar-refractivity contribution in [3.8, 4) is 0 Å². The number of nitrogens with zero attached hydrogens (tertiary/aromatic N) is 1. The van der Waals surface area contributed by atoms with Crippen LogP contribution in [-0.4, -0.2) is 18.9 Å². The highest BCUT2D eigenvalue weighted by molar-refractivity contribution is 5.73. The normalized spacial score (nSPS) is 20.1. The van der Waals surface area contributed by atoms with E-state index >= 15 is 0 Å². The van der Waals surface area contributed by atoms with E-state index < -0.39 is 0 Å². The van der Waals surface area contributed by atoms with Gasteiger partial charge in [-0.05, 0) is 18.6 Å². The van der Waals surface area contributed by atoms with Gasteiger partial charge in [-0.2, -0.15) is 0 Å². The van der Waals surface area contributed by atoms with Crippen molar-refractivity contribution in [2.75, 3.05) is 11.4 Å². The summed E-state index contributed by atoms with van der Waals surface area (Å²) in [6, 6.07) is 8.29. The molecule has 1 aliphatic rings. The Kier molecular flexibility index (Phi) is 2.05. The summed E-state index contributed by atoms with van der Waals surface area (Å²) in [4.78, 5) is 13.0. The Hall–Kier alpha value is -1.31. The molecule has 1 aromatic carbocycles. The van der Waals surface area contributed by atoms with E-state index in [1.807, 2.05) is 12.1 Å². The van der Waals surface area contributed by atoms with Gasteiger partial charge in [-0.3, -0.25) is 0 Å². The number of aldehydes is 1. The second-order valence-electron chi connectivity index (χ2n) is 3.32. The molecule has 0 spiro atoms.